The highest BCUT2D eigenvalue weighted by Gasteiger charge is 2.26. The molecule has 0 amide bonds. The van der Waals surface area contributed by atoms with Crippen LogP contribution in [0.5, 0.6) is 5.75 Å². The van der Waals surface area contributed by atoms with Crippen LogP contribution in [0.4, 0.5) is 0 Å². The fourth-order valence-corrected chi connectivity index (χ4v) is 3.32. The number of rotatable bonds is 5. The highest BCUT2D eigenvalue weighted by atomic mass is 35.5. The zero-order chi connectivity index (χ0) is 15.4. The molecule has 0 aromatic heterocycles. The van der Waals surface area contributed by atoms with Crippen molar-refractivity contribution in [3.8, 4) is 5.75 Å². The molecule has 1 fully saturated rings. The third-order valence-corrected chi connectivity index (χ3v) is 5.11. The summed E-state index contributed by atoms with van der Waals surface area (Å²) in [7, 11) is 0. The van der Waals surface area contributed by atoms with Gasteiger partial charge in [0.25, 0.3) is 0 Å². The quantitative estimate of drug-likeness (QED) is 0.805. The van der Waals surface area contributed by atoms with Gasteiger partial charge in [-0.1, -0.05) is 38.4 Å². The Morgan fingerprint density at radius 3 is 2.67 bits per heavy atom. The molecule has 0 heterocycles. The van der Waals surface area contributed by atoms with Gasteiger partial charge in [-0.15, -0.1) is 0 Å². The van der Waals surface area contributed by atoms with Crippen LogP contribution in [0.2, 0.25) is 5.02 Å². The van der Waals surface area contributed by atoms with Gasteiger partial charge in [0, 0.05) is 6.04 Å². The van der Waals surface area contributed by atoms with Crippen LogP contribution < -0.4 is 10.1 Å². The largest absolute Gasteiger partial charge is 0.489 e. The molecule has 0 aliphatic heterocycles. The highest BCUT2D eigenvalue weighted by molar-refractivity contribution is 6.32. The lowest BCUT2D eigenvalue weighted by atomic mass is 9.80. The lowest BCUT2D eigenvalue weighted by molar-refractivity contribution is 0.101. The Morgan fingerprint density at radius 1 is 1.29 bits per heavy atom. The smallest absolute Gasteiger partial charge is 0.138 e. The van der Waals surface area contributed by atoms with Gasteiger partial charge >= 0.3 is 0 Å². The molecule has 1 aliphatic carbocycles. The first-order chi connectivity index (χ1) is 10.0. The minimum Gasteiger partial charge on any atom is -0.489 e. The molecule has 1 aromatic carbocycles. The van der Waals surface area contributed by atoms with Crippen molar-refractivity contribution >= 4 is 11.6 Å². The van der Waals surface area contributed by atoms with E-state index in [1.165, 1.54) is 12.0 Å². The zero-order valence-electron chi connectivity index (χ0n) is 13.7. The van der Waals surface area contributed by atoms with E-state index >= 15 is 0 Å². The minimum atomic E-state index is 0.311. The summed E-state index contributed by atoms with van der Waals surface area (Å²) in [5.41, 5.74) is 1.21. The summed E-state index contributed by atoms with van der Waals surface area (Å²) in [6.45, 7) is 9.88. The van der Waals surface area contributed by atoms with Crippen molar-refractivity contribution in [3.05, 3.63) is 28.8 Å². The highest BCUT2D eigenvalue weighted by Crippen LogP contribution is 2.34. The Balaban J connectivity index is 2.01. The predicted molar refractivity (Wildman–Crippen MR) is 90.1 cm³/mol. The molecule has 2 rings (SSSR count). The van der Waals surface area contributed by atoms with E-state index in [2.05, 4.69) is 39.1 Å². The SMILES string of the molecule is CCNC(C)c1ccc(OC2CCC(C)C(C)C2)c(Cl)c1. The van der Waals surface area contributed by atoms with Crippen molar-refractivity contribution in [2.24, 2.45) is 11.8 Å². The summed E-state index contributed by atoms with van der Waals surface area (Å²) < 4.78 is 6.15. The molecule has 0 spiro atoms. The molecule has 1 aromatic rings. The minimum absolute atomic E-state index is 0.311. The molecular formula is C18H28ClNO. The monoisotopic (exact) mass is 309 g/mol. The van der Waals surface area contributed by atoms with Gasteiger partial charge in [0.2, 0.25) is 0 Å². The second-order valence-corrected chi connectivity index (χ2v) is 6.88. The molecule has 0 bridgehead atoms. The molecular weight excluding hydrogens is 282 g/mol. The number of ether oxygens (including phenoxy) is 1. The average Bonchev–Trinajstić information content (AvgIpc) is 2.45. The second kappa shape index (κ2) is 7.51. The van der Waals surface area contributed by atoms with Crippen molar-refractivity contribution in [1.29, 1.82) is 0 Å². The third kappa shape index (κ3) is 4.37. The van der Waals surface area contributed by atoms with Gasteiger partial charge in [-0.25, -0.2) is 0 Å². The lowest BCUT2D eigenvalue weighted by Gasteiger charge is -2.32. The zero-order valence-corrected chi connectivity index (χ0v) is 14.4. The standard InChI is InChI=1S/C18H28ClNO/c1-5-20-14(4)15-7-9-18(17(19)11-15)21-16-8-6-12(2)13(3)10-16/h7,9,11-14,16,20H,5-6,8,10H2,1-4H3. The Labute approximate surface area is 134 Å². The van der Waals surface area contributed by atoms with Crippen LogP contribution in [0.25, 0.3) is 0 Å². The van der Waals surface area contributed by atoms with Crippen molar-refractivity contribution in [2.75, 3.05) is 6.54 Å². The summed E-state index contributed by atoms with van der Waals surface area (Å²) in [5.74, 6) is 2.37. The van der Waals surface area contributed by atoms with Gasteiger partial charge in [-0.3, -0.25) is 0 Å². The van der Waals surface area contributed by atoms with Gasteiger partial charge in [-0.05, 0) is 62.3 Å². The summed E-state index contributed by atoms with van der Waals surface area (Å²) in [6, 6.07) is 6.48. The predicted octanol–water partition coefficient (Wildman–Crippen LogP) is 5.21. The van der Waals surface area contributed by atoms with Gasteiger partial charge in [-0.2, -0.15) is 0 Å². The molecule has 1 aliphatic rings. The van der Waals surface area contributed by atoms with E-state index in [0.29, 0.717) is 12.1 Å². The molecule has 21 heavy (non-hydrogen) atoms. The molecule has 2 nitrogen and oxygen atoms in total. The first-order valence-electron chi connectivity index (χ1n) is 8.20. The van der Waals surface area contributed by atoms with E-state index in [4.69, 9.17) is 16.3 Å². The maximum atomic E-state index is 6.41. The average molecular weight is 310 g/mol. The molecule has 1 saturated carbocycles. The van der Waals surface area contributed by atoms with Crippen LogP contribution in [0.1, 0.15) is 58.6 Å². The molecule has 0 radical (unpaired) electrons. The van der Waals surface area contributed by atoms with E-state index in [0.717, 1.165) is 42.0 Å². The first kappa shape index (κ1) is 16.6. The molecule has 118 valence electrons. The van der Waals surface area contributed by atoms with Crippen LogP contribution in [-0.4, -0.2) is 12.6 Å². The van der Waals surface area contributed by atoms with Crippen LogP contribution in [0.3, 0.4) is 0 Å². The van der Waals surface area contributed by atoms with Gasteiger partial charge in [0.1, 0.15) is 5.75 Å². The number of hydrogen-bond donors (Lipinski definition) is 1. The maximum Gasteiger partial charge on any atom is 0.138 e. The van der Waals surface area contributed by atoms with Crippen molar-refractivity contribution in [2.45, 2.75) is 59.1 Å². The topological polar surface area (TPSA) is 21.3 Å². The number of benzene rings is 1. The normalized spacial score (nSPS) is 27.4. The Hall–Kier alpha value is -0.730. The fraction of sp³-hybridized carbons (Fsp3) is 0.667. The van der Waals surface area contributed by atoms with E-state index < -0.39 is 0 Å². The van der Waals surface area contributed by atoms with E-state index in [1.54, 1.807) is 0 Å². The third-order valence-electron chi connectivity index (χ3n) is 4.81. The van der Waals surface area contributed by atoms with Crippen molar-refractivity contribution < 1.29 is 4.74 Å². The molecule has 4 atom stereocenters. The van der Waals surface area contributed by atoms with Gasteiger partial charge in [0.15, 0.2) is 0 Å². The first-order valence-corrected chi connectivity index (χ1v) is 8.58. The Kier molecular flexibility index (Phi) is 5.95. The van der Waals surface area contributed by atoms with Crippen LogP contribution >= 0.6 is 11.6 Å². The van der Waals surface area contributed by atoms with Crippen LogP contribution in [0.15, 0.2) is 18.2 Å². The number of hydrogen-bond acceptors (Lipinski definition) is 2. The summed E-state index contributed by atoms with van der Waals surface area (Å²) in [6.07, 6.45) is 3.83. The Bertz CT molecular complexity index is 463. The van der Waals surface area contributed by atoms with E-state index in [9.17, 15) is 0 Å². The molecule has 4 unspecified atom stereocenters. The van der Waals surface area contributed by atoms with Crippen LogP contribution in [0, 0.1) is 11.8 Å². The maximum absolute atomic E-state index is 6.41. The second-order valence-electron chi connectivity index (χ2n) is 6.48. The van der Waals surface area contributed by atoms with E-state index in [-0.39, 0.29) is 0 Å². The lowest BCUT2D eigenvalue weighted by Crippen LogP contribution is -2.28. The number of nitrogens with one attached hydrogen (secondary N) is 1. The van der Waals surface area contributed by atoms with Crippen molar-refractivity contribution in [1.82, 2.24) is 5.32 Å². The van der Waals surface area contributed by atoms with Gasteiger partial charge < -0.3 is 10.1 Å². The summed E-state index contributed by atoms with van der Waals surface area (Å²) in [5, 5.41) is 4.13. The summed E-state index contributed by atoms with van der Waals surface area (Å²) in [4.78, 5) is 0. The molecule has 1 N–H and O–H groups in total. The van der Waals surface area contributed by atoms with Crippen molar-refractivity contribution in [3.63, 3.8) is 0 Å². The van der Waals surface area contributed by atoms with E-state index in [1.807, 2.05) is 12.1 Å². The van der Waals surface area contributed by atoms with Gasteiger partial charge in [0.05, 0.1) is 11.1 Å². The fourth-order valence-electron chi connectivity index (χ4n) is 3.09. The van der Waals surface area contributed by atoms with Crippen LogP contribution in [-0.2, 0) is 0 Å². The summed E-state index contributed by atoms with van der Waals surface area (Å²) >= 11 is 6.41. The number of halogens is 1. The molecule has 0 saturated heterocycles. The Morgan fingerprint density at radius 2 is 2.05 bits per heavy atom. The molecule has 3 heteroatoms.